The van der Waals surface area contributed by atoms with E-state index < -0.39 is 0 Å². The van der Waals surface area contributed by atoms with Gasteiger partial charge in [-0.1, -0.05) is 50.1 Å². The topological polar surface area (TPSA) is 0 Å². The minimum absolute atomic E-state index is 1.09. The van der Waals surface area contributed by atoms with Crippen LogP contribution in [-0.4, -0.2) is 0 Å². The maximum Gasteiger partial charge on any atom is 0.0264 e. The zero-order chi connectivity index (χ0) is 10.8. The molecule has 0 aliphatic carbocycles. The number of halogens is 3. The highest BCUT2D eigenvalue weighted by Gasteiger charge is 2.03. The largest absolute Gasteiger partial charge is 0.0606 e. The van der Waals surface area contributed by atoms with Crippen molar-refractivity contribution in [3.63, 3.8) is 0 Å². The Morgan fingerprint density at radius 1 is 0.933 bits per heavy atom. The molecule has 0 unspecified atom stereocenters. The lowest BCUT2D eigenvalue weighted by Gasteiger charge is -2.05. The quantitative estimate of drug-likeness (QED) is 0.518. The second-order valence-electron chi connectivity index (χ2n) is 3.13. The van der Waals surface area contributed by atoms with Crippen molar-refractivity contribution < 1.29 is 0 Å². The predicted octanol–water partition coefficient (Wildman–Crippen LogP) is 5.48. The van der Waals surface area contributed by atoms with Crippen LogP contribution in [0.2, 0.25) is 0 Å². The molecule has 0 N–H and O–H groups in total. The van der Waals surface area contributed by atoms with Crippen LogP contribution in [0.4, 0.5) is 0 Å². The van der Waals surface area contributed by atoms with Gasteiger partial charge < -0.3 is 0 Å². The zero-order valence-corrected chi connectivity index (χ0v) is 13.0. The Bertz CT molecular complexity index is 495. The summed E-state index contributed by atoms with van der Waals surface area (Å²) >= 11 is 9.35. The molecule has 0 aliphatic heterocycles. The van der Waals surface area contributed by atoms with Crippen LogP contribution in [0.1, 0.15) is 0 Å². The molecule has 0 aromatic heterocycles. The van der Waals surface area contributed by atoms with Gasteiger partial charge in [-0.15, -0.1) is 0 Å². The minimum atomic E-state index is 1.09. The summed E-state index contributed by atoms with van der Waals surface area (Å²) in [4.78, 5) is 0. The van der Waals surface area contributed by atoms with Gasteiger partial charge in [-0.3, -0.25) is 0 Å². The standard InChI is InChI=1S/C12H7Br2I/c13-9-4-5-11(12(14)7-9)8-2-1-3-10(15)6-8/h1-7H. The summed E-state index contributed by atoms with van der Waals surface area (Å²) in [5, 5.41) is 0. The van der Waals surface area contributed by atoms with Gasteiger partial charge in [-0.25, -0.2) is 0 Å². The van der Waals surface area contributed by atoms with Crippen LogP contribution in [0.5, 0.6) is 0 Å². The first-order chi connectivity index (χ1) is 7.16. The van der Waals surface area contributed by atoms with Crippen molar-refractivity contribution in [2.75, 3.05) is 0 Å². The van der Waals surface area contributed by atoms with Crippen LogP contribution in [-0.2, 0) is 0 Å². The van der Waals surface area contributed by atoms with E-state index in [1.54, 1.807) is 0 Å². The Kier molecular flexibility index (Phi) is 3.85. The fourth-order valence-corrected chi connectivity index (χ4v) is 3.20. The number of hydrogen-bond donors (Lipinski definition) is 0. The first-order valence-corrected chi connectivity index (χ1v) is 7.04. The molecule has 0 saturated heterocycles. The van der Waals surface area contributed by atoms with Crippen molar-refractivity contribution in [2.45, 2.75) is 0 Å². The molecular weight excluding hydrogens is 431 g/mol. The maximum absolute atomic E-state index is 3.58. The van der Waals surface area contributed by atoms with Gasteiger partial charge in [-0.2, -0.15) is 0 Å². The number of rotatable bonds is 1. The highest BCUT2D eigenvalue weighted by atomic mass is 127. The summed E-state index contributed by atoms with van der Waals surface area (Å²) in [6.07, 6.45) is 0. The molecule has 0 amide bonds. The monoisotopic (exact) mass is 436 g/mol. The molecule has 0 nitrogen and oxygen atoms in total. The van der Waals surface area contributed by atoms with E-state index >= 15 is 0 Å². The molecule has 0 saturated carbocycles. The second-order valence-corrected chi connectivity index (χ2v) is 6.15. The molecule has 0 heterocycles. The van der Waals surface area contributed by atoms with E-state index in [0.29, 0.717) is 0 Å². The summed E-state index contributed by atoms with van der Waals surface area (Å²) in [7, 11) is 0. The highest BCUT2D eigenvalue weighted by Crippen LogP contribution is 2.31. The van der Waals surface area contributed by atoms with Gasteiger partial charge in [0, 0.05) is 12.5 Å². The van der Waals surface area contributed by atoms with Crippen LogP contribution in [0.15, 0.2) is 51.4 Å². The Morgan fingerprint density at radius 2 is 1.73 bits per heavy atom. The van der Waals surface area contributed by atoms with Gasteiger partial charge in [0.15, 0.2) is 0 Å². The first-order valence-electron chi connectivity index (χ1n) is 4.38. The smallest absolute Gasteiger partial charge is 0.0264 e. The number of hydrogen-bond acceptors (Lipinski definition) is 0. The molecule has 0 bridgehead atoms. The van der Waals surface area contributed by atoms with E-state index in [-0.39, 0.29) is 0 Å². The van der Waals surface area contributed by atoms with Crippen molar-refractivity contribution in [3.05, 3.63) is 55.0 Å². The lowest BCUT2D eigenvalue weighted by atomic mass is 10.1. The van der Waals surface area contributed by atoms with Gasteiger partial charge in [-0.05, 0) is 58.0 Å². The molecule has 0 fully saturated rings. The van der Waals surface area contributed by atoms with Crippen LogP contribution < -0.4 is 0 Å². The average Bonchev–Trinajstić information content (AvgIpc) is 2.17. The average molecular weight is 438 g/mol. The van der Waals surface area contributed by atoms with Crippen LogP contribution in [0.25, 0.3) is 11.1 Å². The minimum Gasteiger partial charge on any atom is -0.0606 e. The van der Waals surface area contributed by atoms with Crippen molar-refractivity contribution in [3.8, 4) is 11.1 Å². The normalized spacial score (nSPS) is 10.3. The van der Waals surface area contributed by atoms with Gasteiger partial charge in [0.25, 0.3) is 0 Å². The van der Waals surface area contributed by atoms with Gasteiger partial charge in [0.05, 0.1) is 0 Å². The molecule has 15 heavy (non-hydrogen) atoms. The van der Waals surface area contributed by atoms with E-state index in [2.05, 4.69) is 96.9 Å². The summed E-state index contributed by atoms with van der Waals surface area (Å²) in [6, 6.07) is 14.7. The van der Waals surface area contributed by atoms with Crippen molar-refractivity contribution >= 4 is 54.5 Å². The fraction of sp³-hybridized carbons (Fsp3) is 0. The first kappa shape index (κ1) is 11.6. The molecule has 76 valence electrons. The molecule has 2 aromatic rings. The third-order valence-corrected chi connectivity index (χ3v) is 3.89. The van der Waals surface area contributed by atoms with Gasteiger partial charge in [0.2, 0.25) is 0 Å². The molecule has 0 atom stereocenters. The third-order valence-electron chi connectivity index (χ3n) is 2.07. The van der Waals surface area contributed by atoms with Crippen LogP contribution >= 0.6 is 54.5 Å². The van der Waals surface area contributed by atoms with Gasteiger partial charge in [0.1, 0.15) is 0 Å². The van der Waals surface area contributed by atoms with Crippen LogP contribution in [0.3, 0.4) is 0 Å². The third kappa shape index (κ3) is 2.82. The molecule has 0 aliphatic rings. The molecular formula is C12H7Br2I. The lowest BCUT2D eigenvalue weighted by Crippen LogP contribution is -1.81. The zero-order valence-electron chi connectivity index (χ0n) is 7.68. The van der Waals surface area contributed by atoms with E-state index in [0.717, 1.165) is 8.95 Å². The molecule has 0 radical (unpaired) electrons. The Balaban J connectivity index is 2.54. The highest BCUT2D eigenvalue weighted by molar-refractivity contribution is 14.1. The van der Waals surface area contributed by atoms with Crippen molar-refractivity contribution in [1.29, 1.82) is 0 Å². The Labute approximate surface area is 119 Å². The molecule has 0 spiro atoms. The molecule has 2 rings (SSSR count). The summed E-state index contributed by atoms with van der Waals surface area (Å²) in [6.45, 7) is 0. The Hall–Kier alpha value is 0.130. The molecule has 3 heteroatoms. The summed E-state index contributed by atoms with van der Waals surface area (Å²) in [5.74, 6) is 0. The van der Waals surface area contributed by atoms with Gasteiger partial charge >= 0.3 is 0 Å². The van der Waals surface area contributed by atoms with E-state index in [4.69, 9.17) is 0 Å². The van der Waals surface area contributed by atoms with Crippen molar-refractivity contribution in [1.82, 2.24) is 0 Å². The fourth-order valence-electron chi connectivity index (χ4n) is 1.38. The predicted molar refractivity (Wildman–Crippen MR) is 80.0 cm³/mol. The van der Waals surface area contributed by atoms with E-state index in [9.17, 15) is 0 Å². The van der Waals surface area contributed by atoms with Crippen molar-refractivity contribution in [2.24, 2.45) is 0 Å². The number of benzene rings is 2. The Morgan fingerprint density at radius 3 is 2.40 bits per heavy atom. The van der Waals surface area contributed by atoms with E-state index in [1.807, 2.05) is 0 Å². The SMILES string of the molecule is Brc1ccc(-c2cccc(I)c2)c(Br)c1. The second kappa shape index (κ2) is 4.97. The molecule has 2 aromatic carbocycles. The summed E-state index contributed by atoms with van der Waals surface area (Å²) < 4.78 is 3.45. The summed E-state index contributed by atoms with van der Waals surface area (Å²) in [5.41, 5.74) is 2.46. The van der Waals surface area contributed by atoms with Crippen LogP contribution in [0, 0.1) is 3.57 Å². The van der Waals surface area contributed by atoms with E-state index in [1.165, 1.54) is 14.7 Å². The lowest BCUT2D eigenvalue weighted by molar-refractivity contribution is 1.54. The maximum atomic E-state index is 3.58.